The van der Waals surface area contributed by atoms with E-state index in [4.69, 9.17) is 18.6 Å². The molecule has 1 N–H and O–H groups in total. The summed E-state index contributed by atoms with van der Waals surface area (Å²) in [6, 6.07) is 20.1. The van der Waals surface area contributed by atoms with E-state index in [2.05, 4.69) is 45.8 Å². The third kappa shape index (κ3) is 6.86. The van der Waals surface area contributed by atoms with Crippen molar-refractivity contribution in [3.63, 3.8) is 0 Å². The number of carbonyl (C=O) groups excluding carboxylic acids is 2. The molecular formula is C29H29N3O7. The van der Waals surface area contributed by atoms with Crippen molar-refractivity contribution < 1.29 is 33.0 Å². The Labute approximate surface area is 225 Å². The quantitative estimate of drug-likeness (QED) is 0.171. The van der Waals surface area contributed by atoms with E-state index >= 15 is 0 Å². The normalized spacial score (nSPS) is 10.9. The Kier molecular flexibility index (Phi) is 8.67. The zero-order chi connectivity index (χ0) is 27.8. The molecule has 4 rings (SSSR count). The van der Waals surface area contributed by atoms with Gasteiger partial charge < -0.3 is 27.9 Å². The van der Waals surface area contributed by atoms with Crippen LogP contribution < -0.4 is 19.6 Å². The van der Waals surface area contributed by atoms with Gasteiger partial charge in [-0.3, -0.25) is 4.79 Å². The fraction of sp³-hybridized carbons (Fsp3) is 0.207. The molecule has 2 aromatic carbocycles. The maximum Gasteiger partial charge on any atom is 0.343 e. The minimum absolute atomic E-state index is 0.101. The predicted octanol–water partition coefficient (Wildman–Crippen LogP) is 4.59. The van der Waals surface area contributed by atoms with Crippen LogP contribution in [0.4, 0.5) is 0 Å². The van der Waals surface area contributed by atoms with Crippen LogP contribution in [0.1, 0.15) is 33.3 Å². The van der Waals surface area contributed by atoms with Gasteiger partial charge in [-0.25, -0.2) is 10.2 Å². The van der Waals surface area contributed by atoms with Gasteiger partial charge in [-0.1, -0.05) is 0 Å². The fourth-order valence-corrected chi connectivity index (χ4v) is 3.80. The number of hydrogen-bond acceptors (Lipinski definition) is 8. The topological polar surface area (TPSA) is 114 Å². The number of nitrogens with zero attached hydrogens (tertiary/aromatic N) is 2. The van der Waals surface area contributed by atoms with Crippen LogP contribution in [0.25, 0.3) is 5.69 Å². The van der Waals surface area contributed by atoms with Crippen molar-refractivity contribution in [2.75, 3.05) is 20.8 Å². The summed E-state index contributed by atoms with van der Waals surface area (Å²) in [7, 11) is 2.75. The lowest BCUT2D eigenvalue weighted by molar-refractivity contribution is -0.142. The lowest BCUT2D eigenvalue weighted by Crippen LogP contribution is -2.16. The number of esters is 1. The highest BCUT2D eigenvalue weighted by molar-refractivity contribution is 5.92. The molecule has 0 saturated carbocycles. The van der Waals surface area contributed by atoms with E-state index in [1.54, 1.807) is 30.3 Å². The highest BCUT2D eigenvalue weighted by atomic mass is 16.6. The molecule has 0 aliphatic rings. The van der Waals surface area contributed by atoms with Crippen LogP contribution >= 0.6 is 0 Å². The zero-order valence-corrected chi connectivity index (χ0v) is 22.1. The number of furan rings is 1. The Bertz CT molecular complexity index is 1450. The Morgan fingerprint density at radius 1 is 0.923 bits per heavy atom. The van der Waals surface area contributed by atoms with Crippen LogP contribution in [-0.4, -0.2) is 43.5 Å². The van der Waals surface area contributed by atoms with E-state index in [9.17, 15) is 9.59 Å². The van der Waals surface area contributed by atoms with Gasteiger partial charge in [-0.15, -0.1) is 0 Å². The van der Waals surface area contributed by atoms with E-state index in [1.807, 2.05) is 24.3 Å². The third-order valence-electron chi connectivity index (χ3n) is 5.77. The molecule has 10 heteroatoms. The summed E-state index contributed by atoms with van der Waals surface area (Å²) in [6.45, 7) is 4.05. The van der Waals surface area contributed by atoms with Crippen LogP contribution in [0.5, 0.6) is 17.2 Å². The molecule has 202 valence electrons. The number of ether oxygens (including phenoxy) is 4. The SMILES string of the molecule is COC(=O)COc1ccc(/C=N/NC(=O)c2ccc(COc3ccc(-n4c(C)ccc4C)cc3)o2)cc1OC. The number of hydrogen-bond donors (Lipinski definition) is 1. The van der Waals surface area contributed by atoms with E-state index in [0.717, 1.165) is 17.1 Å². The summed E-state index contributed by atoms with van der Waals surface area (Å²) in [4.78, 5) is 23.7. The minimum Gasteiger partial charge on any atom is -0.493 e. The Morgan fingerprint density at radius 2 is 1.67 bits per heavy atom. The molecule has 0 radical (unpaired) electrons. The number of rotatable bonds is 11. The number of amides is 1. The third-order valence-corrected chi connectivity index (χ3v) is 5.77. The average Bonchev–Trinajstić information content (AvgIpc) is 3.57. The van der Waals surface area contributed by atoms with Crippen molar-refractivity contribution in [2.24, 2.45) is 5.10 Å². The van der Waals surface area contributed by atoms with Crippen LogP contribution in [0, 0.1) is 13.8 Å². The first-order valence-corrected chi connectivity index (χ1v) is 12.1. The fourth-order valence-electron chi connectivity index (χ4n) is 3.80. The van der Waals surface area contributed by atoms with Gasteiger partial charge in [-0.05, 0) is 86.1 Å². The molecule has 0 fully saturated rings. The van der Waals surface area contributed by atoms with Gasteiger partial charge in [-0.2, -0.15) is 5.10 Å². The van der Waals surface area contributed by atoms with Crippen LogP contribution in [0.2, 0.25) is 0 Å². The maximum atomic E-state index is 12.4. The van der Waals surface area contributed by atoms with Gasteiger partial charge in [0.2, 0.25) is 0 Å². The van der Waals surface area contributed by atoms with Crippen molar-refractivity contribution >= 4 is 18.1 Å². The molecule has 1 amide bonds. The molecule has 2 heterocycles. The molecule has 0 bridgehead atoms. The number of methoxy groups -OCH3 is 2. The average molecular weight is 532 g/mol. The molecule has 0 aliphatic carbocycles. The van der Waals surface area contributed by atoms with Crippen molar-refractivity contribution in [2.45, 2.75) is 20.5 Å². The van der Waals surface area contributed by atoms with Gasteiger partial charge in [0.25, 0.3) is 0 Å². The number of hydrazone groups is 1. The van der Waals surface area contributed by atoms with Gasteiger partial charge in [0, 0.05) is 17.1 Å². The van der Waals surface area contributed by atoms with E-state index < -0.39 is 11.9 Å². The molecule has 10 nitrogen and oxygen atoms in total. The summed E-state index contributed by atoms with van der Waals surface area (Å²) in [5.74, 6) is 1.03. The Balaban J connectivity index is 1.29. The lowest BCUT2D eigenvalue weighted by atomic mass is 10.2. The lowest BCUT2D eigenvalue weighted by Gasteiger charge is -2.10. The number of benzene rings is 2. The van der Waals surface area contributed by atoms with Crippen LogP contribution in [0.3, 0.4) is 0 Å². The van der Waals surface area contributed by atoms with Crippen LogP contribution in [0.15, 0.2) is 76.2 Å². The minimum atomic E-state index is -0.510. The number of aryl methyl sites for hydroxylation is 2. The summed E-state index contributed by atoms with van der Waals surface area (Å²) >= 11 is 0. The number of aromatic nitrogens is 1. The van der Waals surface area contributed by atoms with Gasteiger partial charge >= 0.3 is 11.9 Å². The first kappa shape index (κ1) is 27.1. The molecule has 0 saturated heterocycles. The highest BCUT2D eigenvalue weighted by Crippen LogP contribution is 2.27. The summed E-state index contributed by atoms with van der Waals surface area (Å²) in [5, 5.41) is 3.97. The molecular weight excluding hydrogens is 502 g/mol. The molecule has 0 spiro atoms. The first-order valence-electron chi connectivity index (χ1n) is 12.1. The highest BCUT2D eigenvalue weighted by Gasteiger charge is 2.12. The molecule has 0 aliphatic heterocycles. The molecule has 4 aromatic rings. The van der Waals surface area contributed by atoms with Crippen molar-refractivity contribution in [3.05, 3.63) is 95.2 Å². The summed E-state index contributed by atoms with van der Waals surface area (Å²) in [5.41, 5.74) is 6.44. The van der Waals surface area contributed by atoms with Gasteiger partial charge in [0.05, 0.1) is 20.4 Å². The largest absolute Gasteiger partial charge is 0.493 e. The van der Waals surface area contributed by atoms with E-state index in [1.165, 1.54) is 20.4 Å². The number of carbonyl (C=O) groups is 2. The number of nitrogens with one attached hydrogen (secondary N) is 1. The zero-order valence-electron chi connectivity index (χ0n) is 22.1. The second kappa shape index (κ2) is 12.5. The standard InChI is InChI=1S/C29H29N3O7/c1-19-5-6-20(2)32(19)22-8-10-23(11-9-22)37-17-24-12-14-26(39-24)29(34)31-30-16-21-7-13-25(27(15-21)35-3)38-18-28(33)36-4/h5-16H,17-18H2,1-4H3,(H,31,34)/b30-16+. The van der Waals surface area contributed by atoms with E-state index in [-0.39, 0.29) is 19.0 Å². The van der Waals surface area contributed by atoms with Crippen molar-refractivity contribution in [1.29, 1.82) is 0 Å². The van der Waals surface area contributed by atoms with E-state index in [0.29, 0.717) is 28.6 Å². The molecule has 0 atom stereocenters. The molecule has 2 aromatic heterocycles. The van der Waals surface area contributed by atoms with Gasteiger partial charge in [0.1, 0.15) is 18.1 Å². The summed E-state index contributed by atoms with van der Waals surface area (Å²) in [6.07, 6.45) is 1.44. The molecule has 0 unspecified atom stereocenters. The molecule has 39 heavy (non-hydrogen) atoms. The predicted molar refractivity (Wildman–Crippen MR) is 144 cm³/mol. The van der Waals surface area contributed by atoms with Crippen LogP contribution in [-0.2, 0) is 16.1 Å². The van der Waals surface area contributed by atoms with Gasteiger partial charge in [0.15, 0.2) is 23.9 Å². The maximum absolute atomic E-state index is 12.4. The summed E-state index contributed by atoms with van der Waals surface area (Å²) < 4.78 is 28.8. The first-order chi connectivity index (χ1) is 18.9. The Morgan fingerprint density at radius 3 is 2.36 bits per heavy atom. The second-order valence-electron chi connectivity index (χ2n) is 8.47. The smallest absolute Gasteiger partial charge is 0.343 e. The Hall–Kier alpha value is -4.99. The van der Waals surface area contributed by atoms with Crippen molar-refractivity contribution in [1.82, 2.24) is 9.99 Å². The second-order valence-corrected chi connectivity index (χ2v) is 8.47. The monoisotopic (exact) mass is 531 g/mol. The van der Waals surface area contributed by atoms with Crippen molar-refractivity contribution in [3.8, 4) is 22.9 Å².